The molecule has 0 aliphatic rings. The number of ether oxygens (including phenoxy) is 3. The van der Waals surface area contributed by atoms with Crippen LogP contribution in [0.15, 0.2) is 0 Å². The maximum atomic E-state index is 12.8. The first kappa shape index (κ1) is 58.4. The minimum Gasteiger partial charge on any atom is -0.462 e. The molecule has 60 heavy (non-hydrogen) atoms. The number of unbranched alkanes of at least 4 members (excludes halogenated alkanes) is 33. The first-order valence-corrected chi connectivity index (χ1v) is 26.7. The van der Waals surface area contributed by atoms with Crippen LogP contribution in [-0.4, -0.2) is 37.2 Å². The van der Waals surface area contributed by atoms with Gasteiger partial charge in [0.2, 0.25) is 0 Å². The van der Waals surface area contributed by atoms with E-state index in [0.29, 0.717) is 19.3 Å². The predicted octanol–water partition coefficient (Wildman–Crippen LogP) is 17.3. The summed E-state index contributed by atoms with van der Waals surface area (Å²) in [5.41, 5.74) is 0. The number of carbonyl (C=O) groups excluding carboxylic acids is 3. The van der Waals surface area contributed by atoms with E-state index < -0.39 is 6.10 Å². The highest BCUT2D eigenvalue weighted by Gasteiger charge is 2.19. The lowest BCUT2D eigenvalue weighted by Gasteiger charge is -2.18. The van der Waals surface area contributed by atoms with Crippen molar-refractivity contribution in [3.8, 4) is 0 Å². The third kappa shape index (κ3) is 47.5. The molecule has 0 heterocycles. The average Bonchev–Trinajstić information content (AvgIpc) is 3.22. The summed E-state index contributed by atoms with van der Waals surface area (Å²) < 4.78 is 16.8. The van der Waals surface area contributed by atoms with E-state index in [0.717, 1.165) is 69.6 Å². The fraction of sp³-hybridized carbons (Fsp3) is 0.944. The minimum absolute atomic E-state index is 0.0634. The maximum absolute atomic E-state index is 12.8. The Morgan fingerprint density at radius 2 is 0.550 bits per heavy atom. The van der Waals surface area contributed by atoms with Gasteiger partial charge in [0.05, 0.1) is 0 Å². The van der Waals surface area contributed by atoms with Crippen LogP contribution in [0.2, 0.25) is 0 Å². The molecule has 0 aromatic heterocycles. The van der Waals surface area contributed by atoms with Crippen molar-refractivity contribution < 1.29 is 28.6 Å². The van der Waals surface area contributed by atoms with Crippen molar-refractivity contribution in [2.24, 2.45) is 11.8 Å². The Labute approximate surface area is 374 Å². The van der Waals surface area contributed by atoms with E-state index in [1.165, 1.54) is 186 Å². The lowest BCUT2D eigenvalue weighted by atomic mass is 10.0. The SMILES string of the molecule is CCCCCCCCCCCC(=O)OC[C@H](COC(=O)CCCCCCCCCCCCCCCC(C)C)OC(=O)CCCCCCCCCCCCCCCCC(C)C. The molecule has 0 aliphatic heterocycles. The lowest BCUT2D eigenvalue weighted by molar-refractivity contribution is -0.167. The highest BCUT2D eigenvalue weighted by molar-refractivity contribution is 5.71. The van der Waals surface area contributed by atoms with Crippen LogP contribution in [0.25, 0.3) is 0 Å². The van der Waals surface area contributed by atoms with Gasteiger partial charge in [-0.05, 0) is 31.1 Å². The van der Waals surface area contributed by atoms with Gasteiger partial charge < -0.3 is 14.2 Å². The van der Waals surface area contributed by atoms with E-state index in [4.69, 9.17) is 14.2 Å². The van der Waals surface area contributed by atoms with Crippen molar-refractivity contribution in [3.05, 3.63) is 0 Å². The Bertz CT molecular complexity index is 916. The number of carbonyl (C=O) groups is 3. The van der Waals surface area contributed by atoms with Gasteiger partial charge in [-0.25, -0.2) is 0 Å². The molecule has 0 radical (unpaired) electrons. The summed E-state index contributed by atoms with van der Waals surface area (Å²) in [5.74, 6) is 0.836. The fourth-order valence-electron chi connectivity index (χ4n) is 8.17. The number of rotatable bonds is 48. The molecule has 0 aromatic carbocycles. The Balaban J connectivity index is 4.25. The topological polar surface area (TPSA) is 78.9 Å². The molecule has 0 fully saturated rings. The van der Waals surface area contributed by atoms with Crippen LogP contribution in [0, 0.1) is 11.8 Å². The van der Waals surface area contributed by atoms with Crippen LogP contribution < -0.4 is 0 Å². The van der Waals surface area contributed by atoms with E-state index in [9.17, 15) is 14.4 Å². The van der Waals surface area contributed by atoms with Gasteiger partial charge in [0, 0.05) is 19.3 Å². The van der Waals surface area contributed by atoms with Crippen molar-refractivity contribution in [1.82, 2.24) is 0 Å². The fourth-order valence-corrected chi connectivity index (χ4v) is 8.17. The molecule has 0 spiro atoms. The van der Waals surface area contributed by atoms with Gasteiger partial charge in [-0.2, -0.15) is 0 Å². The molecule has 356 valence electrons. The summed E-state index contributed by atoms with van der Waals surface area (Å²) in [5, 5.41) is 0. The van der Waals surface area contributed by atoms with Crippen molar-refractivity contribution in [1.29, 1.82) is 0 Å². The Kier molecular flexibility index (Phi) is 45.7. The van der Waals surface area contributed by atoms with Gasteiger partial charge in [0.25, 0.3) is 0 Å². The Morgan fingerprint density at radius 1 is 0.317 bits per heavy atom. The van der Waals surface area contributed by atoms with Crippen LogP contribution in [0.3, 0.4) is 0 Å². The molecule has 0 unspecified atom stereocenters. The first-order valence-electron chi connectivity index (χ1n) is 26.7. The van der Waals surface area contributed by atoms with Gasteiger partial charge in [-0.15, -0.1) is 0 Å². The predicted molar refractivity (Wildman–Crippen MR) is 256 cm³/mol. The van der Waals surface area contributed by atoms with Gasteiger partial charge in [-0.1, -0.05) is 259 Å². The summed E-state index contributed by atoms with van der Waals surface area (Å²) in [4.78, 5) is 37.9. The number of hydrogen-bond donors (Lipinski definition) is 0. The van der Waals surface area contributed by atoms with Crippen molar-refractivity contribution in [2.75, 3.05) is 13.2 Å². The molecule has 0 rings (SSSR count). The first-order chi connectivity index (χ1) is 29.2. The second kappa shape index (κ2) is 46.9. The van der Waals surface area contributed by atoms with Gasteiger partial charge in [0.1, 0.15) is 13.2 Å². The summed E-state index contributed by atoms with van der Waals surface area (Å²) in [7, 11) is 0. The van der Waals surface area contributed by atoms with E-state index in [2.05, 4.69) is 34.6 Å². The molecular weight excluding hydrogens is 745 g/mol. The Hall–Kier alpha value is -1.59. The molecular formula is C54H104O6. The molecule has 6 heteroatoms. The van der Waals surface area contributed by atoms with Crippen LogP contribution in [0.5, 0.6) is 0 Å². The maximum Gasteiger partial charge on any atom is 0.306 e. The third-order valence-corrected chi connectivity index (χ3v) is 12.2. The standard InChI is InChI=1S/C54H104O6/c1-6-7-8-9-10-22-29-34-39-44-52(55)58-47-51(48-59-53(56)45-40-35-30-25-20-17-13-15-19-24-28-33-38-43-50(4)5)60-54(57)46-41-36-31-26-21-16-12-11-14-18-23-27-32-37-42-49(2)3/h49-51H,6-48H2,1-5H3/t51-/m1/s1. The molecule has 0 bridgehead atoms. The normalized spacial score (nSPS) is 12.1. The number of esters is 3. The highest BCUT2D eigenvalue weighted by atomic mass is 16.6. The van der Waals surface area contributed by atoms with Crippen molar-refractivity contribution in [3.63, 3.8) is 0 Å². The van der Waals surface area contributed by atoms with Gasteiger partial charge >= 0.3 is 17.9 Å². The van der Waals surface area contributed by atoms with E-state index in [1.54, 1.807) is 0 Å². The molecule has 0 aliphatic carbocycles. The van der Waals surface area contributed by atoms with Crippen molar-refractivity contribution in [2.45, 2.75) is 304 Å². The van der Waals surface area contributed by atoms with Crippen LogP contribution >= 0.6 is 0 Å². The molecule has 0 aromatic rings. The molecule has 6 nitrogen and oxygen atoms in total. The molecule has 0 N–H and O–H groups in total. The molecule has 0 amide bonds. The summed E-state index contributed by atoms with van der Waals surface area (Å²) in [6.45, 7) is 11.4. The van der Waals surface area contributed by atoms with Crippen LogP contribution in [-0.2, 0) is 28.6 Å². The van der Waals surface area contributed by atoms with Crippen LogP contribution in [0.4, 0.5) is 0 Å². The van der Waals surface area contributed by atoms with E-state index >= 15 is 0 Å². The zero-order chi connectivity index (χ0) is 44.0. The average molecular weight is 849 g/mol. The smallest absolute Gasteiger partial charge is 0.306 e. The zero-order valence-electron chi connectivity index (χ0n) is 41.1. The van der Waals surface area contributed by atoms with Gasteiger partial charge in [0.15, 0.2) is 6.10 Å². The monoisotopic (exact) mass is 849 g/mol. The minimum atomic E-state index is -0.761. The summed E-state index contributed by atoms with van der Waals surface area (Å²) in [6, 6.07) is 0. The van der Waals surface area contributed by atoms with Crippen molar-refractivity contribution >= 4 is 17.9 Å². The second-order valence-electron chi connectivity index (χ2n) is 19.5. The highest BCUT2D eigenvalue weighted by Crippen LogP contribution is 2.18. The van der Waals surface area contributed by atoms with E-state index in [-0.39, 0.29) is 31.1 Å². The van der Waals surface area contributed by atoms with E-state index in [1.807, 2.05) is 0 Å². The largest absolute Gasteiger partial charge is 0.462 e. The second-order valence-corrected chi connectivity index (χ2v) is 19.5. The number of hydrogen-bond acceptors (Lipinski definition) is 6. The Morgan fingerprint density at radius 3 is 0.817 bits per heavy atom. The molecule has 0 saturated heterocycles. The quantitative estimate of drug-likeness (QED) is 0.0345. The molecule has 1 atom stereocenters. The lowest BCUT2D eigenvalue weighted by Crippen LogP contribution is -2.30. The van der Waals surface area contributed by atoms with Crippen LogP contribution in [0.1, 0.15) is 298 Å². The summed E-state index contributed by atoms with van der Waals surface area (Å²) >= 11 is 0. The molecule has 0 saturated carbocycles. The van der Waals surface area contributed by atoms with Gasteiger partial charge in [-0.3, -0.25) is 14.4 Å². The summed E-state index contributed by atoms with van der Waals surface area (Å²) in [6.07, 6.45) is 48.1. The third-order valence-electron chi connectivity index (χ3n) is 12.2. The zero-order valence-corrected chi connectivity index (χ0v) is 41.1.